The molecule has 16 heavy (non-hydrogen) atoms. The molecule has 0 aliphatic carbocycles. The summed E-state index contributed by atoms with van der Waals surface area (Å²) in [6.45, 7) is 4.88. The molecule has 0 fully saturated rings. The lowest BCUT2D eigenvalue weighted by Crippen LogP contribution is -2.02. The van der Waals surface area contributed by atoms with Gasteiger partial charge in [0.05, 0.1) is 7.11 Å². The van der Waals surface area contributed by atoms with Crippen molar-refractivity contribution in [2.24, 2.45) is 5.73 Å². The number of hydrogen-bond acceptors (Lipinski definition) is 3. The normalized spacial score (nSPS) is 10.8. The predicted octanol–water partition coefficient (Wildman–Crippen LogP) is 2.42. The lowest BCUT2D eigenvalue weighted by atomic mass is 9.97. The Morgan fingerprint density at radius 2 is 2.06 bits per heavy atom. The molecule has 1 aromatic rings. The zero-order valence-corrected chi connectivity index (χ0v) is 10.3. The van der Waals surface area contributed by atoms with E-state index in [9.17, 15) is 5.11 Å². The van der Waals surface area contributed by atoms with Crippen LogP contribution in [0.15, 0.2) is 12.1 Å². The second kappa shape index (κ2) is 5.75. The minimum Gasteiger partial charge on any atom is -0.504 e. The lowest BCUT2D eigenvalue weighted by Gasteiger charge is -2.14. The molecule has 0 atom stereocenters. The molecule has 0 aromatic heterocycles. The van der Waals surface area contributed by atoms with Crippen molar-refractivity contribution in [2.45, 2.75) is 32.6 Å². The number of rotatable bonds is 5. The summed E-state index contributed by atoms with van der Waals surface area (Å²) in [5.74, 6) is 1.23. The van der Waals surface area contributed by atoms with E-state index < -0.39 is 0 Å². The molecular formula is C13H21NO2. The van der Waals surface area contributed by atoms with Crippen LogP contribution in [-0.2, 0) is 6.42 Å². The van der Waals surface area contributed by atoms with Crippen LogP contribution in [0.5, 0.6) is 11.5 Å². The summed E-state index contributed by atoms with van der Waals surface area (Å²) in [4.78, 5) is 0. The SMILES string of the molecule is COc1cc(C(C)C)cc(CCCN)c1O. The Hall–Kier alpha value is -1.22. The van der Waals surface area contributed by atoms with Gasteiger partial charge < -0.3 is 15.6 Å². The van der Waals surface area contributed by atoms with Crippen LogP contribution in [-0.4, -0.2) is 18.8 Å². The highest BCUT2D eigenvalue weighted by atomic mass is 16.5. The molecular weight excluding hydrogens is 202 g/mol. The van der Waals surface area contributed by atoms with E-state index in [2.05, 4.69) is 13.8 Å². The first-order chi connectivity index (χ1) is 7.60. The fraction of sp³-hybridized carbons (Fsp3) is 0.538. The largest absolute Gasteiger partial charge is 0.504 e. The van der Waals surface area contributed by atoms with Gasteiger partial charge in [-0.2, -0.15) is 0 Å². The van der Waals surface area contributed by atoms with Crippen molar-refractivity contribution in [1.29, 1.82) is 0 Å². The van der Waals surface area contributed by atoms with Crippen molar-refractivity contribution >= 4 is 0 Å². The second-order valence-electron chi connectivity index (χ2n) is 4.28. The average Bonchev–Trinajstić information content (AvgIpc) is 2.27. The van der Waals surface area contributed by atoms with Crippen LogP contribution in [0.1, 0.15) is 37.3 Å². The first kappa shape index (κ1) is 12.8. The summed E-state index contributed by atoms with van der Waals surface area (Å²) < 4.78 is 5.18. The summed E-state index contributed by atoms with van der Waals surface area (Å²) in [6, 6.07) is 3.93. The van der Waals surface area contributed by atoms with Gasteiger partial charge in [-0.25, -0.2) is 0 Å². The molecule has 90 valence electrons. The summed E-state index contributed by atoms with van der Waals surface area (Å²) >= 11 is 0. The van der Waals surface area contributed by atoms with Crippen LogP contribution >= 0.6 is 0 Å². The Morgan fingerprint density at radius 1 is 1.38 bits per heavy atom. The van der Waals surface area contributed by atoms with E-state index >= 15 is 0 Å². The molecule has 0 heterocycles. The molecule has 0 aliphatic rings. The smallest absolute Gasteiger partial charge is 0.161 e. The van der Waals surface area contributed by atoms with Gasteiger partial charge in [-0.05, 0) is 42.5 Å². The van der Waals surface area contributed by atoms with Crippen LogP contribution in [0.3, 0.4) is 0 Å². The van der Waals surface area contributed by atoms with Crippen LogP contribution in [0.2, 0.25) is 0 Å². The number of nitrogens with two attached hydrogens (primary N) is 1. The van der Waals surface area contributed by atoms with E-state index in [1.807, 2.05) is 12.1 Å². The predicted molar refractivity (Wildman–Crippen MR) is 66.1 cm³/mol. The molecule has 0 bridgehead atoms. The third-order valence-electron chi connectivity index (χ3n) is 2.71. The molecule has 3 N–H and O–H groups in total. The third kappa shape index (κ3) is 2.89. The Bertz CT molecular complexity index is 348. The zero-order valence-electron chi connectivity index (χ0n) is 10.3. The molecule has 0 saturated heterocycles. The molecule has 0 radical (unpaired) electrons. The van der Waals surface area contributed by atoms with E-state index in [0.717, 1.165) is 18.4 Å². The fourth-order valence-corrected chi connectivity index (χ4v) is 1.66. The van der Waals surface area contributed by atoms with E-state index in [-0.39, 0.29) is 5.75 Å². The number of methoxy groups -OCH3 is 1. The van der Waals surface area contributed by atoms with Crippen LogP contribution in [0.25, 0.3) is 0 Å². The van der Waals surface area contributed by atoms with E-state index in [0.29, 0.717) is 18.2 Å². The molecule has 0 saturated carbocycles. The lowest BCUT2D eigenvalue weighted by molar-refractivity contribution is 0.369. The molecule has 1 rings (SSSR count). The minimum absolute atomic E-state index is 0.250. The number of aryl methyl sites for hydroxylation is 1. The van der Waals surface area contributed by atoms with Crippen molar-refractivity contribution in [2.75, 3.05) is 13.7 Å². The maximum atomic E-state index is 9.96. The number of ether oxygens (including phenoxy) is 1. The highest BCUT2D eigenvalue weighted by Gasteiger charge is 2.11. The Balaban J connectivity index is 3.08. The van der Waals surface area contributed by atoms with E-state index in [4.69, 9.17) is 10.5 Å². The number of benzene rings is 1. The number of phenolic OH excluding ortho intramolecular Hbond substituents is 1. The van der Waals surface area contributed by atoms with E-state index in [1.165, 1.54) is 5.56 Å². The average molecular weight is 223 g/mol. The Kier molecular flexibility index (Phi) is 4.62. The van der Waals surface area contributed by atoms with Gasteiger partial charge in [0.2, 0.25) is 0 Å². The number of phenols is 1. The standard InChI is InChI=1S/C13H21NO2/c1-9(2)11-7-10(5-4-6-14)13(15)12(8-11)16-3/h7-9,15H,4-6,14H2,1-3H3. The first-order valence-electron chi connectivity index (χ1n) is 5.70. The van der Waals surface area contributed by atoms with Gasteiger partial charge in [0, 0.05) is 0 Å². The molecule has 0 aliphatic heterocycles. The molecule has 1 aromatic carbocycles. The topological polar surface area (TPSA) is 55.5 Å². The van der Waals surface area contributed by atoms with Crippen LogP contribution < -0.4 is 10.5 Å². The highest BCUT2D eigenvalue weighted by molar-refractivity contribution is 5.49. The van der Waals surface area contributed by atoms with Crippen LogP contribution in [0, 0.1) is 0 Å². The van der Waals surface area contributed by atoms with Gasteiger partial charge in [-0.15, -0.1) is 0 Å². The van der Waals surface area contributed by atoms with Gasteiger partial charge in [-0.3, -0.25) is 0 Å². The molecule has 0 amide bonds. The maximum absolute atomic E-state index is 9.96. The molecule has 0 unspecified atom stereocenters. The summed E-state index contributed by atoms with van der Waals surface area (Å²) in [5, 5.41) is 9.96. The van der Waals surface area contributed by atoms with Crippen molar-refractivity contribution in [3.8, 4) is 11.5 Å². The maximum Gasteiger partial charge on any atom is 0.161 e. The summed E-state index contributed by atoms with van der Waals surface area (Å²) in [7, 11) is 1.58. The van der Waals surface area contributed by atoms with Crippen molar-refractivity contribution in [3.05, 3.63) is 23.3 Å². The number of hydrogen-bond donors (Lipinski definition) is 2. The Morgan fingerprint density at radius 3 is 2.56 bits per heavy atom. The second-order valence-corrected chi connectivity index (χ2v) is 4.28. The third-order valence-corrected chi connectivity index (χ3v) is 2.71. The minimum atomic E-state index is 0.250. The van der Waals surface area contributed by atoms with Crippen molar-refractivity contribution in [1.82, 2.24) is 0 Å². The Labute approximate surface area is 97.2 Å². The fourth-order valence-electron chi connectivity index (χ4n) is 1.66. The van der Waals surface area contributed by atoms with Gasteiger partial charge in [0.25, 0.3) is 0 Å². The first-order valence-corrected chi connectivity index (χ1v) is 5.70. The van der Waals surface area contributed by atoms with Crippen LogP contribution in [0.4, 0.5) is 0 Å². The highest BCUT2D eigenvalue weighted by Crippen LogP contribution is 2.34. The zero-order chi connectivity index (χ0) is 12.1. The monoisotopic (exact) mass is 223 g/mol. The van der Waals surface area contributed by atoms with Gasteiger partial charge in [0.1, 0.15) is 0 Å². The van der Waals surface area contributed by atoms with Gasteiger partial charge in [0.15, 0.2) is 11.5 Å². The summed E-state index contributed by atoms with van der Waals surface area (Å²) in [5.41, 5.74) is 7.59. The van der Waals surface area contributed by atoms with E-state index in [1.54, 1.807) is 7.11 Å². The summed E-state index contributed by atoms with van der Waals surface area (Å²) in [6.07, 6.45) is 1.66. The van der Waals surface area contributed by atoms with Crippen molar-refractivity contribution < 1.29 is 9.84 Å². The number of aromatic hydroxyl groups is 1. The van der Waals surface area contributed by atoms with Gasteiger partial charge >= 0.3 is 0 Å². The van der Waals surface area contributed by atoms with Crippen molar-refractivity contribution in [3.63, 3.8) is 0 Å². The molecule has 3 heteroatoms. The molecule has 0 spiro atoms. The van der Waals surface area contributed by atoms with Gasteiger partial charge in [-0.1, -0.05) is 19.9 Å². The molecule has 3 nitrogen and oxygen atoms in total. The quantitative estimate of drug-likeness (QED) is 0.806.